The van der Waals surface area contributed by atoms with Gasteiger partial charge >= 0.3 is 0 Å². The highest BCUT2D eigenvalue weighted by Gasteiger charge is 2.32. The highest BCUT2D eigenvalue weighted by Crippen LogP contribution is 2.36. The first-order valence-electron chi connectivity index (χ1n) is 6.34. The van der Waals surface area contributed by atoms with Crippen molar-refractivity contribution < 1.29 is 9.59 Å². The molecule has 0 saturated carbocycles. The molecule has 2 aromatic carbocycles. The molecule has 1 N–H and O–H groups in total. The van der Waals surface area contributed by atoms with Gasteiger partial charge < -0.3 is 5.32 Å². The van der Waals surface area contributed by atoms with Crippen LogP contribution in [0.25, 0.3) is 0 Å². The highest BCUT2D eigenvalue weighted by molar-refractivity contribution is 6.31. The van der Waals surface area contributed by atoms with E-state index in [1.165, 1.54) is 0 Å². The Bertz CT molecular complexity index is 682. The maximum absolute atomic E-state index is 12.2. The Morgan fingerprint density at radius 2 is 1.90 bits per heavy atom. The number of benzene rings is 2. The van der Waals surface area contributed by atoms with Crippen LogP contribution in [0.1, 0.15) is 28.3 Å². The molecule has 3 rings (SSSR count). The molecule has 1 heterocycles. The van der Waals surface area contributed by atoms with Gasteiger partial charge in [-0.25, -0.2) is 0 Å². The molecule has 20 heavy (non-hydrogen) atoms. The van der Waals surface area contributed by atoms with Crippen LogP contribution >= 0.6 is 11.6 Å². The number of carbonyl (C=O) groups excluding carboxylic acids is 2. The Labute approximate surface area is 121 Å². The lowest BCUT2D eigenvalue weighted by molar-refractivity contribution is -0.117. The summed E-state index contributed by atoms with van der Waals surface area (Å²) in [7, 11) is 0. The van der Waals surface area contributed by atoms with Gasteiger partial charge in [0.25, 0.3) is 0 Å². The van der Waals surface area contributed by atoms with E-state index in [1.54, 1.807) is 30.3 Å². The van der Waals surface area contributed by atoms with Crippen LogP contribution < -0.4 is 5.32 Å². The van der Waals surface area contributed by atoms with Crippen molar-refractivity contribution in [2.75, 3.05) is 5.32 Å². The zero-order valence-electron chi connectivity index (χ0n) is 10.6. The summed E-state index contributed by atoms with van der Waals surface area (Å²) in [5.41, 5.74) is 2.17. The quantitative estimate of drug-likeness (QED) is 0.875. The van der Waals surface area contributed by atoms with E-state index in [2.05, 4.69) is 5.32 Å². The van der Waals surface area contributed by atoms with E-state index < -0.39 is 5.92 Å². The molecule has 1 atom stereocenters. The zero-order valence-corrected chi connectivity index (χ0v) is 11.4. The smallest absolute Gasteiger partial charge is 0.232 e. The molecule has 0 fully saturated rings. The van der Waals surface area contributed by atoms with Gasteiger partial charge in [-0.15, -0.1) is 0 Å². The Balaban J connectivity index is 1.86. The minimum atomic E-state index is -0.435. The molecule has 0 radical (unpaired) electrons. The lowest BCUT2D eigenvalue weighted by Gasteiger charge is -2.08. The lowest BCUT2D eigenvalue weighted by atomic mass is 9.93. The van der Waals surface area contributed by atoms with Crippen LogP contribution in [0.3, 0.4) is 0 Å². The summed E-state index contributed by atoms with van der Waals surface area (Å²) in [6.07, 6.45) is 0.171. The molecular formula is C16H12ClNO2. The summed E-state index contributed by atoms with van der Waals surface area (Å²) in [6, 6.07) is 14.3. The predicted octanol–water partition coefficient (Wildman–Crippen LogP) is 3.65. The van der Waals surface area contributed by atoms with Crippen LogP contribution in [0.2, 0.25) is 5.02 Å². The maximum atomic E-state index is 12.2. The van der Waals surface area contributed by atoms with E-state index in [4.69, 9.17) is 11.6 Å². The van der Waals surface area contributed by atoms with Crippen LogP contribution in [-0.2, 0) is 4.79 Å². The molecule has 1 aliphatic heterocycles. The van der Waals surface area contributed by atoms with E-state index in [0.29, 0.717) is 16.3 Å². The lowest BCUT2D eigenvalue weighted by Crippen LogP contribution is -2.16. The molecule has 2 aromatic rings. The molecule has 0 aromatic heterocycles. The Hall–Kier alpha value is -2.13. The Kier molecular flexibility index (Phi) is 3.28. The van der Waals surface area contributed by atoms with Gasteiger partial charge in [-0.2, -0.15) is 0 Å². The number of amides is 1. The number of ketones is 1. The molecule has 4 heteroatoms. The first kappa shape index (κ1) is 12.9. The van der Waals surface area contributed by atoms with Crippen molar-refractivity contribution in [2.24, 2.45) is 0 Å². The SMILES string of the molecule is O=C(CC1C(=O)Nc2cc(Cl)ccc21)c1ccccc1. The number of carbonyl (C=O) groups is 2. The van der Waals surface area contributed by atoms with Crippen molar-refractivity contribution in [3.63, 3.8) is 0 Å². The molecule has 1 amide bonds. The maximum Gasteiger partial charge on any atom is 0.232 e. The van der Waals surface area contributed by atoms with E-state index in [-0.39, 0.29) is 18.1 Å². The molecule has 0 bridgehead atoms. The van der Waals surface area contributed by atoms with Crippen LogP contribution in [0.15, 0.2) is 48.5 Å². The van der Waals surface area contributed by atoms with Crippen molar-refractivity contribution in [3.05, 3.63) is 64.7 Å². The van der Waals surface area contributed by atoms with E-state index >= 15 is 0 Å². The van der Waals surface area contributed by atoms with Gasteiger partial charge in [0.2, 0.25) is 5.91 Å². The fraction of sp³-hybridized carbons (Fsp3) is 0.125. The predicted molar refractivity (Wildman–Crippen MR) is 78.2 cm³/mol. The summed E-state index contributed by atoms with van der Waals surface area (Å²) in [6.45, 7) is 0. The number of fused-ring (bicyclic) bond motifs is 1. The van der Waals surface area contributed by atoms with Gasteiger partial charge in [-0.1, -0.05) is 48.0 Å². The monoisotopic (exact) mass is 285 g/mol. The third-order valence-electron chi connectivity index (χ3n) is 3.45. The summed E-state index contributed by atoms with van der Waals surface area (Å²) >= 11 is 5.90. The van der Waals surface area contributed by atoms with Gasteiger partial charge in [0.1, 0.15) is 0 Å². The van der Waals surface area contributed by atoms with Crippen LogP contribution in [0.4, 0.5) is 5.69 Å². The number of nitrogens with one attached hydrogen (secondary N) is 1. The summed E-state index contributed by atoms with van der Waals surface area (Å²) in [4.78, 5) is 24.2. The van der Waals surface area contributed by atoms with E-state index in [1.807, 2.05) is 18.2 Å². The van der Waals surface area contributed by atoms with Crippen LogP contribution in [0.5, 0.6) is 0 Å². The largest absolute Gasteiger partial charge is 0.325 e. The molecule has 0 aliphatic carbocycles. The second kappa shape index (κ2) is 5.10. The highest BCUT2D eigenvalue weighted by atomic mass is 35.5. The first-order valence-corrected chi connectivity index (χ1v) is 6.71. The normalized spacial score (nSPS) is 16.6. The molecule has 3 nitrogen and oxygen atoms in total. The van der Waals surface area contributed by atoms with Gasteiger partial charge in [-0.3, -0.25) is 9.59 Å². The van der Waals surface area contributed by atoms with Gasteiger partial charge in [0.15, 0.2) is 5.78 Å². The minimum Gasteiger partial charge on any atom is -0.325 e. The van der Waals surface area contributed by atoms with Gasteiger partial charge in [0.05, 0.1) is 5.92 Å². The van der Waals surface area contributed by atoms with Crippen molar-refractivity contribution in [1.29, 1.82) is 0 Å². The zero-order chi connectivity index (χ0) is 14.1. The van der Waals surface area contributed by atoms with Crippen LogP contribution in [-0.4, -0.2) is 11.7 Å². The van der Waals surface area contributed by atoms with Gasteiger partial charge in [-0.05, 0) is 17.7 Å². The van der Waals surface area contributed by atoms with Crippen molar-refractivity contribution in [3.8, 4) is 0 Å². The third kappa shape index (κ3) is 2.32. The molecule has 100 valence electrons. The van der Waals surface area contributed by atoms with Crippen molar-refractivity contribution in [1.82, 2.24) is 0 Å². The molecule has 0 spiro atoms. The summed E-state index contributed by atoms with van der Waals surface area (Å²) in [5.74, 6) is -0.616. The number of rotatable bonds is 3. The van der Waals surface area contributed by atoms with Gasteiger partial charge in [0, 0.05) is 22.7 Å². The number of hydrogen-bond donors (Lipinski definition) is 1. The Morgan fingerprint density at radius 1 is 1.15 bits per heavy atom. The second-order valence-corrected chi connectivity index (χ2v) is 5.20. The van der Waals surface area contributed by atoms with E-state index in [9.17, 15) is 9.59 Å². The summed E-state index contributed by atoms with van der Waals surface area (Å²) < 4.78 is 0. The van der Waals surface area contributed by atoms with E-state index in [0.717, 1.165) is 5.56 Å². The fourth-order valence-corrected chi connectivity index (χ4v) is 2.60. The third-order valence-corrected chi connectivity index (χ3v) is 3.69. The first-order chi connectivity index (χ1) is 9.65. The second-order valence-electron chi connectivity index (χ2n) is 4.77. The standard InChI is InChI=1S/C16H12ClNO2/c17-11-6-7-12-13(16(20)18-14(12)8-11)9-15(19)10-4-2-1-3-5-10/h1-8,13H,9H2,(H,18,20). The minimum absolute atomic E-state index is 0.0337. The molecule has 1 unspecified atom stereocenters. The number of Topliss-reactive ketones (excluding diaryl/α,β-unsaturated/α-hetero) is 1. The fourth-order valence-electron chi connectivity index (χ4n) is 2.43. The number of halogens is 1. The average molecular weight is 286 g/mol. The average Bonchev–Trinajstić information content (AvgIpc) is 2.75. The molecule has 0 saturated heterocycles. The summed E-state index contributed by atoms with van der Waals surface area (Å²) in [5, 5.41) is 3.34. The topological polar surface area (TPSA) is 46.2 Å². The van der Waals surface area contributed by atoms with Crippen molar-refractivity contribution in [2.45, 2.75) is 12.3 Å². The molecule has 1 aliphatic rings. The Morgan fingerprint density at radius 3 is 2.65 bits per heavy atom. The number of hydrogen-bond acceptors (Lipinski definition) is 2. The van der Waals surface area contributed by atoms with Crippen molar-refractivity contribution >= 4 is 29.0 Å². The van der Waals surface area contributed by atoms with Crippen LogP contribution in [0, 0.1) is 0 Å². The molecular weight excluding hydrogens is 274 g/mol. The number of anilines is 1.